The quantitative estimate of drug-likeness (QED) is 0.651. The minimum atomic E-state index is -0.0132. The second-order valence-electron chi connectivity index (χ2n) is 6.13. The molecule has 6 heteroatoms. The van der Waals surface area contributed by atoms with Gasteiger partial charge in [-0.15, -0.1) is 0 Å². The summed E-state index contributed by atoms with van der Waals surface area (Å²) in [7, 11) is 0. The number of halogens is 1. The number of carbonyl (C=O) groups excluding carboxylic acids is 1. The van der Waals surface area contributed by atoms with Crippen LogP contribution < -0.4 is 5.32 Å². The van der Waals surface area contributed by atoms with Crippen molar-refractivity contribution >= 4 is 28.5 Å². The van der Waals surface area contributed by atoms with E-state index in [0.717, 1.165) is 47.3 Å². The average Bonchev–Trinajstić information content (AvgIpc) is 3.19. The van der Waals surface area contributed by atoms with E-state index in [9.17, 15) is 4.79 Å². The Balaban J connectivity index is 1.52. The molecule has 1 N–H and O–H groups in total. The van der Waals surface area contributed by atoms with Gasteiger partial charge in [0.1, 0.15) is 11.4 Å². The monoisotopic (exact) mass is 359 g/mol. The van der Waals surface area contributed by atoms with Gasteiger partial charge in [-0.05, 0) is 31.0 Å². The Hall–Kier alpha value is -2.27. The van der Waals surface area contributed by atoms with Crippen molar-refractivity contribution in [3.63, 3.8) is 0 Å². The third kappa shape index (κ3) is 4.04. The maximum Gasteiger partial charge on any atom is 0.224 e. The minimum Gasteiger partial charge on any atom is -0.464 e. The van der Waals surface area contributed by atoms with Gasteiger partial charge in [0, 0.05) is 47.9 Å². The van der Waals surface area contributed by atoms with Crippen molar-refractivity contribution in [3.8, 4) is 0 Å². The normalized spacial score (nSPS) is 11.2. The van der Waals surface area contributed by atoms with Crippen LogP contribution in [0.15, 0.2) is 35.2 Å². The zero-order chi connectivity index (χ0) is 17.8. The summed E-state index contributed by atoms with van der Waals surface area (Å²) in [5.74, 6) is 1.06. The maximum atomic E-state index is 12.2. The molecule has 2 heterocycles. The van der Waals surface area contributed by atoms with E-state index >= 15 is 0 Å². The van der Waals surface area contributed by atoms with Crippen LogP contribution >= 0.6 is 11.6 Å². The van der Waals surface area contributed by atoms with Crippen molar-refractivity contribution in [1.29, 1.82) is 0 Å². The Bertz CT molecular complexity index is 882. The molecule has 0 saturated carbocycles. The fourth-order valence-corrected chi connectivity index (χ4v) is 3.07. The fraction of sp³-hybridized carbons (Fsp3) is 0.368. The summed E-state index contributed by atoms with van der Waals surface area (Å²) >= 11 is 6.18. The number of nitrogens with zero attached hydrogens (tertiary/aromatic N) is 2. The minimum absolute atomic E-state index is 0.0132. The van der Waals surface area contributed by atoms with Crippen LogP contribution in [0.3, 0.4) is 0 Å². The number of carbonyl (C=O) groups is 1. The molecule has 3 rings (SSSR count). The molecular weight excluding hydrogens is 338 g/mol. The SMILES string of the molecule is CCc1nccn1CCCNC(=O)Cc1coc2cc(C)c(Cl)cc12. The topological polar surface area (TPSA) is 60.1 Å². The van der Waals surface area contributed by atoms with E-state index < -0.39 is 0 Å². The highest BCUT2D eigenvalue weighted by atomic mass is 35.5. The lowest BCUT2D eigenvalue weighted by Crippen LogP contribution is -2.26. The molecule has 132 valence electrons. The van der Waals surface area contributed by atoms with Crippen molar-refractivity contribution < 1.29 is 9.21 Å². The van der Waals surface area contributed by atoms with Gasteiger partial charge in [-0.1, -0.05) is 18.5 Å². The molecule has 0 bridgehead atoms. The lowest BCUT2D eigenvalue weighted by Gasteiger charge is -2.07. The van der Waals surface area contributed by atoms with Crippen molar-refractivity contribution in [3.05, 3.63) is 52.8 Å². The Morgan fingerprint density at radius 2 is 2.24 bits per heavy atom. The molecular formula is C19H22ClN3O2. The molecule has 0 aliphatic carbocycles. The first-order chi connectivity index (χ1) is 12.1. The molecule has 0 radical (unpaired) electrons. The van der Waals surface area contributed by atoms with Crippen LogP contribution in [-0.2, 0) is 24.2 Å². The number of benzene rings is 1. The highest BCUT2D eigenvalue weighted by Crippen LogP contribution is 2.27. The number of nitrogens with one attached hydrogen (secondary N) is 1. The van der Waals surface area contributed by atoms with Crippen LogP contribution in [0.2, 0.25) is 5.02 Å². The molecule has 0 aliphatic heterocycles. The number of hydrogen-bond donors (Lipinski definition) is 1. The van der Waals surface area contributed by atoms with E-state index in [0.29, 0.717) is 11.6 Å². The van der Waals surface area contributed by atoms with Gasteiger partial charge in [-0.25, -0.2) is 4.98 Å². The summed E-state index contributed by atoms with van der Waals surface area (Å²) in [4.78, 5) is 16.5. The Labute approximate surface area is 152 Å². The second kappa shape index (κ2) is 7.74. The molecule has 3 aromatic rings. The molecule has 1 amide bonds. The number of aryl methyl sites for hydroxylation is 3. The summed E-state index contributed by atoms with van der Waals surface area (Å²) in [6, 6.07) is 3.76. The van der Waals surface area contributed by atoms with Crippen LogP contribution in [0.25, 0.3) is 11.0 Å². The largest absolute Gasteiger partial charge is 0.464 e. The van der Waals surface area contributed by atoms with Crippen LogP contribution in [0.4, 0.5) is 0 Å². The van der Waals surface area contributed by atoms with Crippen LogP contribution in [-0.4, -0.2) is 22.0 Å². The number of hydrogen-bond acceptors (Lipinski definition) is 3. The van der Waals surface area contributed by atoms with E-state index in [4.69, 9.17) is 16.0 Å². The number of rotatable bonds is 7. The van der Waals surface area contributed by atoms with E-state index in [2.05, 4.69) is 21.8 Å². The van der Waals surface area contributed by atoms with E-state index in [1.807, 2.05) is 31.5 Å². The Kier molecular flexibility index (Phi) is 5.43. The van der Waals surface area contributed by atoms with Crippen LogP contribution in [0.1, 0.15) is 30.3 Å². The van der Waals surface area contributed by atoms with E-state index in [1.54, 1.807) is 6.26 Å². The summed E-state index contributed by atoms with van der Waals surface area (Å²) in [6.07, 6.45) is 7.50. The zero-order valence-electron chi connectivity index (χ0n) is 14.5. The first kappa shape index (κ1) is 17.5. The van der Waals surface area contributed by atoms with E-state index in [-0.39, 0.29) is 12.3 Å². The highest BCUT2D eigenvalue weighted by molar-refractivity contribution is 6.32. The second-order valence-corrected chi connectivity index (χ2v) is 6.54. The number of furan rings is 1. The molecule has 0 saturated heterocycles. The standard InChI is InChI=1S/C19H22ClN3O2/c1-3-18-21-6-8-23(18)7-4-5-22-19(24)10-14-12-25-17-9-13(2)16(20)11-15(14)17/h6,8-9,11-12H,3-5,7,10H2,1-2H3,(H,22,24). The van der Waals surface area contributed by atoms with Crippen LogP contribution in [0.5, 0.6) is 0 Å². The molecule has 0 fully saturated rings. The molecule has 25 heavy (non-hydrogen) atoms. The lowest BCUT2D eigenvalue weighted by atomic mass is 10.1. The molecule has 1 aromatic carbocycles. The predicted octanol–water partition coefficient (Wildman–Crippen LogP) is 3.90. The number of imidazole rings is 1. The van der Waals surface area contributed by atoms with E-state index in [1.165, 1.54) is 0 Å². The molecule has 0 aliphatic rings. The molecule has 0 spiro atoms. The van der Waals surface area contributed by atoms with Gasteiger partial charge in [0.05, 0.1) is 12.7 Å². The third-order valence-corrected chi connectivity index (χ3v) is 4.71. The van der Waals surface area contributed by atoms with Gasteiger partial charge in [-0.2, -0.15) is 0 Å². The summed E-state index contributed by atoms with van der Waals surface area (Å²) < 4.78 is 7.66. The lowest BCUT2D eigenvalue weighted by molar-refractivity contribution is -0.120. The first-order valence-electron chi connectivity index (χ1n) is 8.51. The van der Waals surface area contributed by atoms with Crippen molar-refractivity contribution in [2.24, 2.45) is 0 Å². The number of aromatic nitrogens is 2. The summed E-state index contributed by atoms with van der Waals surface area (Å²) in [5.41, 5.74) is 2.58. The Morgan fingerprint density at radius 1 is 1.40 bits per heavy atom. The zero-order valence-corrected chi connectivity index (χ0v) is 15.3. The van der Waals surface area contributed by atoms with Crippen LogP contribution in [0, 0.1) is 6.92 Å². The predicted molar refractivity (Wildman–Crippen MR) is 98.9 cm³/mol. The highest BCUT2D eigenvalue weighted by Gasteiger charge is 2.12. The van der Waals surface area contributed by atoms with Gasteiger partial charge in [-0.3, -0.25) is 4.79 Å². The number of amides is 1. The fourth-order valence-electron chi connectivity index (χ4n) is 2.91. The molecule has 0 unspecified atom stereocenters. The average molecular weight is 360 g/mol. The first-order valence-corrected chi connectivity index (χ1v) is 8.89. The smallest absolute Gasteiger partial charge is 0.224 e. The third-order valence-electron chi connectivity index (χ3n) is 4.30. The van der Waals surface area contributed by atoms with Crippen molar-refractivity contribution in [2.45, 2.75) is 39.7 Å². The van der Waals surface area contributed by atoms with Gasteiger partial charge in [0.2, 0.25) is 5.91 Å². The maximum absolute atomic E-state index is 12.2. The van der Waals surface area contributed by atoms with Gasteiger partial charge >= 0.3 is 0 Å². The molecule has 2 aromatic heterocycles. The molecule has 0 atom stereocenters. The molecule has 5 nitrogen and oxygen atoms in total. The summed E-state index contributed by atoms with van der Waals surface area (Å²) in [6.45, 7) is 5.51. The van der Waals surface area contributed by atoms with Gasteiger partial charge in [0.25, 0.3) is 0 Å². The Morgan fingerprint density at radius 3 is 3.04 bits per heavy atom. The van der Waals surface area contributed by atoms with Gasteiger partial charge in [0.15, 0.2) is 0 Å². The van der Waals surface area contributed by atoms with Crippen molar-refractivity contribution in [1.82, 2.24) is 14.9 Å². The van der Waals surface area contributed by atoms with Crippen molar-refractivity contribution in [2.75, 3.05) is 6.54 Å². The van der Waals surface area contributed by atoms with Gasteiger partial charge < -0.3 is 14.3 Å². The number of fused-ring (bicyclic) bond motifs is 1. The summed E-state index contributed by atoms with van der Waals surface area (Å²) in [5, 5.41) is 4.55.